The molecular formula is C46H79NO8. The Morgan fingerprint density at radius 3 is 1.56 bits per heavy atom. The van der Waals surface area contributed by atoms with Gasteiger partial charge in [0.05, 0.1) is 40.3 Å². The fourth-order valence-corrected chi connectivity index (χ4v) is 5.39. The summed E-state index contributed by atoms with van der Waals surface area (Å²) in [6.45, 7) is 4.53. The second-order valence-electron chi connectivity index (χ2n) is 15.2. The van der Waals surface area contributed by atoms with Gasteiger partial charge in [-0.15, -0.1) is 0 Å². The number of ether oxygens (including phenoxy) is 4. The lowest BCUT2D eigenvalue weighted by atomic mass is 10.1. The van der Waals surface area contributed by atoms with Crippen molar-refractivity contribution in [2.45, 2.75) is 167 Å². The minimum Gasteiger partial charge on any atom is -0.545 e. The quantitative estimate of drug-likeness (QED) is 0.0201. The van der Waals surface area contributed by atoms with Crippen LogP contribution in [0.4, 0.5) is 0 Å². The standard InChI is InChI=1S/C46H79NO8/c1-6-8-10-12-14-16-18-19-20-21-22-23-24-25-27-29-31-33-35-37-44(49)55-42(41-54-46(45(50)51)52-39-38-47(3,4)5)40-53-43(48)36-34-32-30-28-26-17-15-13-11-9-7-2/h8,10,13-16,19-20,22-23,42,46H,6-7,9,11-12,17-18,21,24-41H2,1-5H3/b10-8-,15-13-,16-14-,20-19-,23-22-. The van der Waals surface area contributed by atoms with Crippen molar-refractivity contribution in [3.63, 3.8) is 0 Å². The third-order valence-corrected chi connectivity index (χ3v) is 8.75. The van der Waals surface area contributed by atoms with Crippen molar-refractivity contribution < 1.29 is 42.9 Å². The van der Waals surface area contributed by atoms with E-state index in [1.807, 2.05) is 21.1 Å². The van der Waals surface area contributed by atoms with Crippen LogP contribution in [0.15, 0.2) is 60.8 Å². The van der Waals surface area contributed by atoms with Crippen LogP contribution in [0.5, 0.6) is 0 Å². The van der Waals surface area contributed by atoms with Crippen LogP contribution in [-0.2, 0) is 33.3 Å². The highest BCUT2D eigenvalue weighted by Crippen LogP contribution is 2.12. The molecule has 0 saturated heterocycles. The molecule has 0 spiro atoms. The minimum atomic E-state index is -1.63. The lowest BCUT2D eigenvalue weighted by Gasteiger charge is -2.26. The smallest absolute Gasteiger partial charge is 0.306 e. The number of esters is 2. The number of unbranched alkanes of at least 4 members (excludes halogenated alkanes) is 13. The highest BCUT2D eigenvalue weighted by Gasteiger charge is 2.21. The van der Waals surface area contributed by atoms with Crippen molar-refractivity contribution in [3.8, 4) is 0 Å². The van der Waals surface area contributed by atoms with Crippen molar-refractivity contribution in [2.24, 2.45) is 0 Å². The molecule has 0 saturated carbocycles. The molecule has 0 aromatic rings. The maximum atomic E-state index is 12.7. The maximum absolute atomic E-state index is 12.7. The summed E-state index contributed by atoms with van der Waals surface area (Å²) in [5, 5.41) is 11.7. The van der Waals surface area contributed by atoms with E-state index in [0.29, 0.717) is 17.4 Å². The Morgan fingerprint density at radius 1 is 0.564 bits per heavy atom. The fourth-order valence-electron chi connectivity index (χ4n) is 5.39. The lowest BCUT2D eigenvalue weighted by Crippen LogP contribution is -2.44. The van der Waals surface area contributed by atoms with Gasteiger partial charge in [-0.05, 0) is 70.6 Å². The first-order valence-electron chi connectivity index (χ1n) is 21.4. The van der Waals surface area contributed by atoms with E-state index in [-0.39, 0.29) is 38.6 Å². The Hall–Kier alpha value is -3.01. The molecule has 2 unspecified atom stereocenters. The van der Waals surface area contributed by atoms with Crippen molar-refractivity contribution in [1.82, 2.24) is 0 Å². The molecule has 2 atom stereocenters. The molecule has 0 aliphatic heterocycles. The van der Waals surface area contributed by atoms with Gasteiger partial charge in [-0.25, -0.2) is 0 Å². The van der Waals surface area contributed by atoms with Gasteiger partial charge < -0.3 is 33.3 Å². The van der Waals surface area contributed by atoms with Crippen LogP contribution in [0, 0.1) is 0 Å². The van der Waals surface area contributed by atoms with E-state index < -0.39 is 24.3 Å². The zero-order valence-corrected chi connectivity index (χ0v) is 35.5. The van der Waals surface area contributed by atoms with Crippen LogP contribution < -0.4 is 5.11 Å². The number of carboxylic acid groups (broad SMARTS) is 1. The summed E-state index contributed by atoms with van der Waals surface area (Å²) in [5.74, 6) is -2.33. The van der Waals surface area contributed by atoms with Gasteiger partial charge in [0.15, 0.2) is 12.4 Å². The Labute approximate surface area is 335 Å². The summed E-state index contributed by atoms with van der Waals surface area (Å²) < 4.78 is 22.5. The van der Waals surface area contributed by atoms with E-state index in [1.54, 1.807) is 0 Å². The molecule has 55 heavy (non-hydrogen) atoms. The van der Waals surface area contributed by atoms with Gasteiger partial charge in [-0.1, -0.05) is 132 Å². The van der Waals surface area contributed by atoms with E-state index >= 15 is 0 Å². The zero-order chi connectivity index (χ0) is 40.7. The van der Waals surface area contributed by atoms with E-state index in [0.717, 1.165) is 109 Å². The van der Waals surface area contributed by atoms with Crippen LogP contribution in [-0.4, -0.2) is 82.3 Å². The van der Waals surface area contributed by atoms with Crippen LogP contribution in [0.3, 0.4) is 0 Å². The summed E-state index contributed by atoms with van der Waals surface area (Å²) in [7, 11) is 5.89. The zero-order valence-electron chi connectivity index (χ0n) is 35.5. The predicted octanol–water partition coefficient (Wildman–Crippen LogP) is 9.66. The van der Waals surface area contributed by atoms with E-state index in [4.69, 9.17) is 18.9 Å². The van der Waals surface area contributed by atoms with Gasteiger partial charge in [-0.2, -0.15) is 0 Å². The number of hydrogen-bond acceptors (Lipinski definition) is 8. The summed E-state index contributed by atoms with van der Waals surface area (Å²) in [6, 6.07) is 0. The van der Waals surface area contributed by atoms with Crippen molar-refractivity contribution in [3.05, 3.63) is 60.8 Å². The molecule has 0 fully saturated rings. The van der Waals surface area contributed by atoms with Gasteiger partial charge >= 0.3 is 11.9 Å². The molecule has 0 aliphatic rings. The second-order valence-corrected chi connectivity index (χ2v) is 15.2. The van der Waals surface area contributed by atoms with Gasteiger partial charge in [0.2, 0.25) is 0 Å². The number of allylic oxidation sites excluding steroid dienone is 10. The van der Waals surface area contributed by atoms with Gasteiger partial charge in [0, 0.05) is 12.8 Å². The summed E-state index contributed by atoms with van der Waals surface area (Å²) in [5.41, 5.74) is 0. The Morgan fingerprint density at radius 2 is 1.04 bits per heavy atom. The van der Waals surface area contributed by atoms with Gasteiger partial charge in [0.1, 0.15) is 13.2 Å². The molecule has 9 nitrogen and oxygen atoms in total. The van der Waals surface area contributed by atoms with Crippen molar-refractivity contribution in [1.29, 1.82) is 0 Å². The van der Waals surface area contributed by atoms with Crippen LogP contribution >= 0.6 is 0 Å². The number of likely N-dealkylation sites (N-methyl/N-ethyl adjacent to an activating group) is 1. The van der Waals surface area contributed by atoms with Crippen LogP contribution in [0.25, 0.3) is 0 Å². The first kappa shape index (κ1) is 52.0. The number of nitrogens with zero attached hydrogens (tertiary/aromatic N) is 1. The van der Waals surface area contributed by atoms with Gasteiger partial charge in [-0.3, -0.25) is 9.59 Å². The second kappa shape index (κ2) is 37.9. The maximum Gasteiger partial charge on any atom is 0.306 e. The normalized spacial score (nSPS) is 13.5. The predicted molar refractivity (Wildman–Crippen MR) is 223 cm³/mol. The monoisotopic (exact) mass is 774 g/mol. The van der Waals surface area contributed by atoms with Crippen molar-refractivity contribution in [2.75, 3.05) is 47.5 Å². The molecule has 0 heterocycles. The highest BCUT2D eigenvalue weighted by molar-refractivity contribution is 5.70. The summed E-state index contributed by atoms with van der Waals surface area (Å²) >= 11 is 0. The number of quaternary nitrogens is 1. The fraction of sp³-hybridized carbons (Fsp3) is 0.717. The first-order chi connectivity index (χ1) is 26.6. The third-order valence-electron chi connectivity index (χ3n) is 8.75. The Bertz CT molecular complexity index is 1090. The lowest BCUT2D eigenvalue weighted by molar-refractivity contribution is -0.870. The number of carbonyl (C=O) groups is 3. The number of carboxylic acids is 1. The number of aliphatic carboxylic acids is 1. The average Bonchev–Trinajstić information content (AvgIpc) is 3.14. The SMILES string of the molecule is CC/C=C\C/C=C\C/C=C\C/C=C\CCCCCCCCC(=O)OC(COC(=O)CCCCCCC/C=C\CCCC)COC(OCC[N+](C)(C)C)C(=O)[O-]. The average molecular weight is 774 g/mol. The van der Waals surface area contributed by atoms with E-state index in [1.165, 1.54) is 12.8 Å². The number of hydrogen-bond donors (Lipinski definition) is 0. The molecular weight excluding hydrogens is 695 g/mol. The molecule has 9 heteroatoms. The van der Waals surface area contributed by atoms with E-state index in [9.17, 15) is 19.5 Å². The van der Waals surface area contributed by atoms with Crippen LogP contribution in [0.2, 0.25) is 0 Å². The third kappa shape index (κ3) is 39.0. The Balaban J connectivity index is 4.49. The molecule has 0 aromatic heterocycles. The highest BCUT2D eigenvalue weighted by atomic mass is 16.7. The largest absolute Gasteiger partial charge is 0.545 e. The first-order valence-corrected chi connectivity index (χ1v) is 21.4. The molecule has 0 N–H and O–H groups in total. The molecule has 0 bridgehead atoms. The molecule has 0 rings (SSSR count). The van der Waals surface area contributed by atoms with Crippen LogP contribution in [0.1, 0.15) is 155 Å². The molecule has 0 aliphatic carbocycles. The number of rotatable bonds is 38. The van der Waals surface area contributed by atoms with E-state index in [2.05, 4.69) is 74.6 Å². The number of carbonyl (C=O) groups excluding carboxylic acids is 3. The molecule has 0 radical (unpaired) electrons. The topological polar surface area (TPSA) is 111 Å². The molecule has 0 aromatic carbocycles. The Kier molecular flexibility index (Phi) is 35.8. The molecule has 316 valence electrons. The summed E-state index contributed by atoms with van der Waals surface area (Å²) in [4.78, 5) is 36.9. The minimum absolute atomic E-state index is 0.141. The molecule has 0 amide bonds. The van der Waals surface area contributed by atoms with Gasteiger partial charge in [0.25, 0.3) is 0 Å². The van der Waals surface area contributed by atoms with Crippen molar-refractivity contribution >= 4 is 17.9 Å². The summed E-state index contributed by atoms with van der Waals surface area (Å²) in [6.07, 6.45) is 41.1.